The molecule has 1 aliphatic rings. The molecule has 0 saturated carbocycles. The van der Waals surface area contributed by atoms with E-state index in [1.165, 1.54) is 5.56 Å². The summed E-state index contributed by atoms with van der Waals surface area (Å²) in [6.07, 6.45) is 6.16. The average Bonchev–Trinajstić information content (AvgIpc) is 2.49. The number of rotatable bonds is 2. The van der Waals surface area contributed by atoms with Crippen LogP contribution < -0.4 is 0 Å². The van der Waals surface area contributed by atoms with Crippen LogP contribution >= 0.6 is 23.2 Å². The van der Waals surface area contributed by atoms with Gasteiger partial charge in [-0.25, -0.2) is 9.97 Å². The zero-order chi connectivity index (χ0) is 16.6. The van der Waals surface area contributed by atoms with Crippen LogP contribution in [0.15, 0.2) is 18.6 Å². The smallest absolute Gasteiger partial charge is 0.133 e. The van der Waals surface area contributed by atoms with Crippen LogP contribution in [0.1, 0.15) is 43.4 Å². The lowest BCUT2D eigenvalue weighted by Crippen LogP contribution is -2.32. The van der Waals surface area contributed by atoms with Crippen LogP contribution in [-0.2, 0) is 24.9 Å². The molecule has 0 atom stereocenters. The van der Waals surface area contributed by atoms with Gasteiger partial charge in [-0.05, 0) is 0 Å². The summed E-state index contributed by atoms with van der Waals surface area (Å²) < 4.78 is 0. The molecule has 3 heterocycles. The third-order valence-corrected chi connectivity index (χ3v) is 4.67. The molecule has 6 heteroatoms. The molecule has 122 valence electrons. The highest BCUT2D eigenvalue weighted by atomic mass is 35.5. The molecule has 0 aromatic carbocycles. The van der Waals surface area contributed by atoms with Gasteiger partial charge in [-0.15, -0.1) is 0 Å². The predicted molar refractivity (Wildman–Crippen MR) is 92.8 cm³/mol. The first kappa shape index (κ1) is 16.6. The Hall–Kier alpha value is -1.23. The van der Waals surface area contributed by atoms with Crippen LogP contribution in [0.4, 0.5) is 0 Å². The average molecular weight is 351 g/mol. The number of hydrogen-bond acceptors (Lipinski definition) is 4. The predicted octanol–water partition coefficient (Wildman–Crippen LogP) is 4.03. The van der Waals surface area contributed by atoms with Crippen molar-refractivity contribution in [2.75, 3.05) is 6.54 Å². The topological polar surface area (TPSA) is 41.9 Å². The van der Waals surface area contributed by atoms with Crippen molar-refractivity contribution in [2.24, 2.45) is 0 Å². The Morgan fingerprint density at radius 3 is 2.48 bits per heavy atom. The van der Waals surface area contributed by atoms with Gasteiger partial charge in [0.05, 0.1) is 10.0 Å². The summed E-state index contributed by atoms with van der Waals surface area (Å²) in [6, 6.07) is 0. The van der Waals surface area contributed by atoms with Gasteiger partial charge < -0.3 is 0 Å². The van der Waals surface area contributed by atoms with Gasteiger partial charge in [-0.2, -0.15) is 0 Å². The molecule has 0 unspecified atom stereocenters. The monoisotopic (exact) mass is 350 g/mol. The third-order valence-electron chi connectivity index (χ3n) is 4.02. The molecule has 0 bridgehead atoms. The molecule has 4 nitrogen and oxygen atoms in total. The van der Waals surface area contributed by atoms with Gasteiger partial charge >= 0.3 is 0 Å². The molecular formula is C17H20Cl2N4. The molecule has 0 aliphatic carbocycles. The summed E-state index contributed by atoms with van der Waals surface area (Å²) in [4.78, 5) is 15.6. The van der Waals surface area contributed by atoms with Crippen LogP contribution in [0.2, 0.25) is 10.0 Å². The summed E-state index contributed by atoms with van der Waals surface area (Å²) in [5.74, 6) is 0.907. The molecule has 0 radical (unpaired) electrons. The van der Waals surface area contributed by atoms with Crippen LogP contribution in [0.3, 0.4) is 0 Å². The van der Waals surface area contributed by atoms with Crippen molar-refractivity contribution < 1.29 is 0 Å². The third kappa shape index (κ3) is 3.65. The Labute approximate surface area is 146 Å². The van der Waals surface area contributed by atoms with Crippen molar-refractivity contribution in [1.82, 2.24) is 19.9 Å². The van der Waals surface area contributed by atoms with Crippen molar-refractivity contribution >= 4 is 23.2 Å². The largest absolute Gasteiger partial charge is 0.294 e. The quantitative estimate of drug-likeness (QED) is 0.819. The molecule has 2 aromatic rings. The van der Waals surface area contributed by atoms with E-state index in [0.717, 1.165) is 36.6 Å². The van der Waals surface area contributed by atoms with Gasteiger partial charge in [-0.1, -0.05) is 44.0 Å². The van der Waals surface area contributed by atoms with E-state index in [-0.39, 0.29) is 5.41 Å². The summed E-state index contributed by atoms with van der Waals surface area (Å²) in [5, 5.41) is 1.23. The fourth-order valence-corrected chi connectivity index (χ4v) is 3.17. The van der Waals surface area contributed by atoms with Crippen molar-refractivity contribution in [3.8, 4) is 0 Å². The van der Waals surface area contributed by atoms with E-state index >= 15 is 0 Å². The first-order valence-corrected chi connectivity index (χ1v) is 8.45. The molecule has 2 aromatic heterocycles. The molecule has 1 aliphatic heterocycles. The summed E-state index contributed by atoms with van der Waals surface area (Å²) in [7, 11) is 0. The molecule has 3 rings (SSSR count). The van der Waals surface area contributed by atoms with E-state index in [0.29, 0.717) is 16.6 Å². The van der Waals surface area contributed by atoms with Crippen molar-refractivity contribution in [3.63, 3.8) is 0 Å². The molecule has 23 heavy (non-hydrogen) atoms. The summed E-state index contributed by atoms with van der Waals surface area (Å²) in [6.45, 7) is 8.86. The maximum atomic E-state index is 6.22. The highest BCUT2D eigenvalue weighted by Gasteiger charge is 2.23. The van der Waals surface area contributed by atoms with Crippen LogP contribution in [0, 0.1) is 0 Å². The van der Waals surface area contributed by atoms with Crippen molar-refractivity contribution in [2.45, 2.75) is 45.7 Å². The number of aromatic nitrogens is 3. The lowest BCUT2D eigenvalue weighted by Gasteiger charge is -2.29. The standard InChI is InChI=1S/C17H20Cl2N4/c1-17(2,3)16-21-6-11-9-23(5-4-15(11)22-16)10-12-13(18)7-20-8-14(12)19/h6-8H,4-5,9-10H2,1-3H3. The SMILES string of the molecule is CC(C)(C)c1ncc2c(n1)CCN(Cc1c(Cl)cncc1Cl)C2. The Morgan fingerprint density at radius 2 is 1.83 bits per heavy atom. The Balaban J connectivity index is 1.79. The van der Waals surface area contributed by atoms with Gasteiger partial charge in [0.15, 0.2) is 0 Å². The fourth-order valence-electron chi connectivity index (χ4n) is 2.68. The molecule has 0 N–H and O–H groups in total. The Morgan fingerprint density at radius 1 is 1.13 bits per heavy atom. The van der Waals surface area contributed by atoms with Crippen LogP contribution in [-0.4, -0.2) is 26.4 Å². The van der Waals surface area contributed by atoms with E-state index in [2.05, 4.69) is 35.6 Å². The maximum Gasteiger partial charge on any atom is 0.133 e. The van der Waals surface area contributed by atoms with Gasteiger partial charge in [0.1, 0.15) is 5.82 Å². The fraction of sp³-hybridized carbons (Fsp3) is 0.471. The first-order chi connectivity index (χ1) is 10.8. The summed E-state index contributed by atoms with van der Waals surface area (Å²) >= 11 is 12.4. The minimum absolute atomic E-state index is 0.0236. The van der Waals surface area contributed by atoms with Crippen LogP contribution in [0.25, 0.3) is 0 Å². The number of pyridine rings is 1. The van der Waals surface area contributed by atoms with E-state index in [1.807, 2.05) is 6.20 Å². The van der Waals surface area contributed by atoms with E-state index in [1.54, 1.807) is 12.4 Å². The van der Waals surface area contributed by atoms with E-state index in [9.17, 15) is 0 Å². The number of nitrogens with zero attached hydrogens (tertiary/aromatic N) is 4. The van der Waals surface area contributed by atoms with E-state index < -0.39 is 0 Å². The Bertz CT molecular complexity index is 705. The Kier molecular flexibility index (Phi) is 4.59. The number of halogens is 2. The first-order valence-electron chi connectivity index (χ1n) is 7.70. The molecule has 0 amide bonds. The van der Waals surface area contributed by atoms with E-state index in [4.69, 9.17) is 28.2 Å². The number of fused-ring (bicyclic) bond motifs is 1. The highest BCUT2D eigenvalue weighted by molar-refractivity contribution is 6.35. The lowest BCUT2D eigenvalue weighted by molar-refractivity contribution is 0.242. The van der Waals surface area contributed by atoms with Crippen LogP contribution in [0.5, 0.6) is 0 Å². The van der Waals surface area contributed by atoms with Gasteiger partial charge in [0, 0.05) is 66.9 Å². The molecular weight excluding hydrogens is 331 g/mol. The minimum Gasteiger partial charge on any atom is -0.294 e. The van der Waals surface area contributed by atoms with Gasteiger partial charge in [0.25, 0.3) is 0 Å². The normalized spacial score (nSPS) is 15.5. The molecule has 0 saturated heterocycles. The second-order valence-electron chi connectivity index (χ2n) is 6.96. The second-order valence-corrected chi connectivity index (χ2v) is 7.77. The zero-order valence-electron chi connectivity index (χ0n) is 13.6. The van der Waals surface area contributed by atoms with Crippen molar-refractivity contribution in [3.05, 3.63) is 51.3 Å². The minimum atomic E-state index is -0.0236. The second kappa shape index (κ2) is 6.34. The lowest BCUT2D eigenvalue weighted by atomic mass is 9.95. The number of hydrogen-bond donors (Lipinski definition) is 0. The molecule has 0 spiro atoms. The zero-order valence-corrected chi connectivity index (χ0v) is 15.1. The van der Waals surface area contributed by atoms with Crippen molar-refractivity contribution in [1.29, 1.82) is 0 Å². The molecule has 0 fully saturated rings. The van der Waals surface area contributed by atoms with Gasteiger partial charge in [0.2, 0.25) is 0 Å². The highest BCUT2D eigenvalue weighted by Crippen LogP contribution is 2.27. The van der Waals surface area contributed by atoms with Gasteiger partial charge in [-0.3, -0.25) is 9.88 Å². The maximum absolute atomic E-state index is 6.22. The summed E-state index contributed by atoms with van der Waals surface area (Å²) in [5.41, 5.74) is 3.25.